The Bertz CT molecular complexity index is 186. The minimum absolute atomic E-state index is 0.176. The molecule has 0 bridgehead atoms. The molecule has 1 aliphatic heterocycles. The van der Waals surface area contributed by atoms with Gasteiger partial charge in [0.1, 0.15) is 0 Å². The maximum Gasteiger partial charge on any atom is 0.304 e. The molecule has 1 heterocycles. The Morgan fingerprint density at radius 3 is 2.75 bits per heavy atom. The van der Waals surface area contributed by atoms with Crippen molar-refractivity contribution >= 4 is 39.5 Å². The summed E-state index contributed by atoms with van der Waals surface area (Å²) in [4.78, 5) is 3.38. The minimum Gasteiger partial charge on any atom is -0.268 e. The molecule has 2 nitrogen and oxygen atoms in total. The SMILES string of the molecule is CC(C)(C)NC1=[NH+]CC(CI)S1. The van der Waals surface area contributed by atoms with E-state index in [1.54, 1.807) is 0 Å². The second-order valence-corrected chi connectivity index (χ2v) is 6.17. The Balaban J connectivity index is 2.37. The third-order valence-electron chi connectivity index (χ3n) is 1.44. The number of rotatable bonds is 1. The number of amidine groups is 1. The van der Waals surface area contributed by atoms with Crippen LogP contribution in [0.15, 0.2) is 0 Å². The second-order valence-electron chi connectivity index (χ2n) is 3.98. The van der Waals surface area contributed by atoms with Gasteiger partial charge in [0.05, 0.1) is 17.3 Å². The summed E-state index contributed by atoms with van der Waals surface area (Å²) in [6, 6.07) is 0. The zero-order valence-corrected chi connectivity index (χ0v) is 10.8. The summed E-state index contributed by atoms with van der Waals surface area (Å²) in [6.45, 7) is 7.64. The Morgan fingerprint density at radius 1 is 1.67 bits per heavy atom. The van der Waals surface area contributed by atoms with Crippen molar-refractivity contribution in [3.05, 3.63) is 0 Å². The molecule has 0 saturated heterocycles. The van der Waals surface area contributed by atoms with Crippen molar-refractivity contribution in [2.75, 3.05) is 11.0 Å². The molecule has 4 heteroatoms. The van der Waals surface area contributed by atoms with Gasteiger partial charge in [0, 0.05) is 4.43 Å². The Kier molecular flexibility index (Phi) is 3.70. The molecule has 0 amide bonds. The Labute approximate surface area is 92.1 Å². The van der Waals surface area contributed by atoms with E-state index in [-0.39, 0.29) is 5.54 Å². The molecule has 1 atom stereocenters. The van der Waals surface area contributed by atoms with Crippen LogP contribution in [0.3, 0.4) is 0 Å². The first-order chi connectivity index (χ1) is 5.51. The largest absolute Gasteiger partial charge is 0.304 e. The third kappa shape index (κ3) is 3.51. The number of thioether (sulfide) groups is 1. The molecule has 1 aliphatic rings. The molecule has 1 unspecified atom stereocenters. The average molecular weight is 299 g/mol. The van der Waals surface area contributed by atoms with Gasteiger partial charge in [0.2, 0.25) is 0 Å². The van der Waals surface area contributed by atoms with Crippen molar-refractivity contribution in [1.82, 2.24) is 5.32 Å². The van der Waals surface area contributed by atoms with E-state index in [9.17, 15) is 0 Å². The van der Waals surface area contributed by atoms with Crippen molar-refractivity contribution in [2.45, 2.75) is 31.6 Å². The maximum absolute atomic E-state index is 3.45. The first-order valence-electron chi connectivity index (χ1n) is 4.13. The van der Waals surface area contributed by atoms with Crippen molar-refractivity contribution < 1.29 is 4.99 Å². The van der Waals surface area contributed by atoms with E-state index in [0.717, 1.165) is 11.8 Å². The molecule has 0 aromatic rings. The van der Waals surface area contributed by atoms with Gasteiger partial charge in [-0.3, -0.25) is 10.3 Å². The highest BCUT2D eigenvalue weighted by molar-refractivity contribution is 14.1. The third-order valence-corrected chi connectivity index (χ3v) is 4.25. The molecule has 0 fully saturated rings. The van der Waals surface area contributed by atoms with Gasteiger partial charge in [-0.1, -0.05) is 22.6 Å². The molecule has 0 aromatic carbocycles. The quantitative estimate of drug-likeness (QED) is 0.540. The van der Waals surface area contributed by atoms with Gasteiger partial charge in [-0.25, -0.2) is 0 Å². The van der Waals surface area contributed by atoms with Crippen LogP contribution in [0.1, 0.15) is 20.8 Å². The van der Waals surface area contributed by atoms with Crippen LogP contribution in [0.25, 0.3) is 0 Å². The highest BCUT2D eigenvalue weighted by Crippen LogP contribution is 2.15. The summed E-state index contributed by atoms with van der Waals surface area (Å²) in [6.07, 6.45) is 0. The predicted molar refractivity (Wildman–Crippen MR) is 64.0 cm³/mol. The topological polar surface area (TPSA) is 26.0 Å². The van der Waals surface area contributed by atoms with E-state index in [4.69, 9.17) is 0 Å². The lowest BCUT2D eigenvalue weighted by atomic mass is 10.1. The van der Waals surface area contributed by atoms with Gasteiger partial charge in [-0.05, 0) is 32.5 Å². The van der Waals surface area contributed by atoms with Crippen LogP contribution in [0.2, 0.25) is 0 Å². The molecule has 0 radical (unpaired) electrons. The van der Waals surface area contributed by atoms with Gasteiger partial charge >= 0.3 is 5.17 Å². The molecule has 12 heavy (non-hydrogen) atoms. The minimum atomic E-state index is 0.176. The van der Waals surface area contributed by atoms with Crippen LogP contribution in [-0.4, -0.2) is 26.9 Å². The summed E-state index contributed by atoms with van der Waals surface area (Å²) in [5, 5.41) is 5.43. The standard InChI is InChI=1S/C8H15IN2S/c1-8(2,3)11-7-10-5-6(4-9)12-7/h6H,4-5H2,1-3H3,(H,10,11)/p+1. The molecule has 70 valence electrons. The molecular weight excluding hydrogens is 283 g/mol. The van der Waals surface area contributed by atoms with Crippen molar-refractivity contribution in [2.24, 2.45) is 0 Å². The smallest absolute Gasteiger partial charge is 0.268 e. The van der Waals surface area contributed by atoms with Crippen LogP contribution < -0.4 is 10.3 Å². The van der Waals surface area contributed by atoms with Crippen molar-refractivity contribution in [3.8, 4) is 0 Å². The fourth-order valence-electron chi connectivity index (χ4n) is 0.957. The van der Waals surface area contributed by atoms with E-state index in [2.05, 4.69) is 53.7 Å². The van der Waals surface area contributed by atoms with E-state index in [1.165, 1.54) is 9.60 Å². The molecular formula is C8H16IN2S+. The summed E-state index contributed by atoms with van der Waals surface area (Å²) < 4.78 is 1.21. The molecule has 0 spiro atoms. The van der Waals surface area contributed by atoms with Gasteiger partial charge in [0.15, 0.2) is 0 Å². The fourth-order valence-corrected chi connectivity index (χ4v) is 2.90. The predicted octanol–water partition coefficient (Wildman–Crippen LogP) is 0.362. The molecule has 0 aliphatic carbocycles. The fraction of sp³-hybridized carbons (Fsp3) is 0.875. The van der Waals surface area contributed by atoms with E-state index in [0.29, 0.717) is 0 Å². The number of alkyl halides is 1. The van der Waals surface area contributed by atoms with Gasteiger partial charge in [0.25, 0.3) is 0 Å². The van der Waals surface area contributed by atoms with Crippen LogP contribution in [-0.2, 0) is 0 Å². The van der Waals surface area contributed by atoms with Gasteiger partial charge < -0.3 is 0 Å². The summed E-state index contributed by atoms with van der Waals surface area (Å²) in [5.74, 6) is 0. The van der Waals surface area contributed by atoms with E-state index < -0.39 is 0 Å². The zero-order chi connectivity index (χ0) is 9.19. The summed E-state index contributed by atoms with van der Waals surface area (Å²) >= 11 is 4.36. The number of nitrogens with one attached hydrogen (secondary N) is 2. The Morgan fingerprint density at radius 2 is 2.33 bits per heavy atom. The number of halogens is 1. The summed E-state index contributed by atoms with van der Waals surface area (Å²) in [5.41, 5.74) is 0.176. The highest BCUT2D eigenvalue weighted by atomic mass is 127. The van der Waals surface area contributed by atoms with Gasteiger partial charge in [-0.15, -0.1) is 0 Å². The monoisotopic (exact) mass is 299 g/mol. The normalized spacial score (nSPS) is 24.0. The molecule has 0 saturated carbocycles. The van der Waals surface area contributed by atoms with E-state index >= 15 is 0 Å². The first-order valence-corrected chi connectivity index (χ1v) is 6.53. The van der Waals surface area contributed by atoms with Crippen LogP contribution in [0, 0.1) is 0 Å². The lowest BCUT2D eigenvalue weighted by molar-refractivity contribution is -0.450. The number of hydrogen-bond donors (Lipinski definition) is 2. The average Bonchev–Trinajstić information content (AvgIpc) is 2.32. The number of hydrogen-bond acceptors (Lipinski definition) is 2. The lowest BCUT2D eigenvalue weighted by Gasteiger charge is -2.14. The lowest BCUT2D eigenvalue weighted by Crippen LogP contribution is -2.74. The molecule has 2 N–H and O–H groups in total. The molecule has 1 rings (SSSR count). The van der Waals surface area contributed by atoms with Crippen LogP contribution in [0.5, 0.6) is 0 Å². The Hall–Kier alpha value is 0.550. The first kappa shape index (κ1) is 10.6. The van der Waals surface area contributed by atoms with Crippen LogP contribution >= 0.6 is 34.4 Å². The van der Waals surface area contributed by atoms with Crippen molar-refractivity contribution in [3.63, 3.8) is 0 Å². The zero-order valence-electron chi connectivity index (χ0n) is 7.78. The molecule has 0 aromatic heterocycles. The second kappa shape index (κ2) is 4.17. The van der Waals surface area contributed by atoms with Crippen LogP contribution in [0.4, 0.5) is 0 Å². The van der Waals surface area contributed by atoms with Crippen molar-refractivity contribution in [1.29, 1.82) is 0 Å². The maximum atomic E-state index is 3.45. The van der Waals surface area contributed by atoms with E-state index in [1.807, 2.05) is 11.8 Å². The van der Waals surface area contributed by atoms with Gasteiger partial charge in [-0.2, -0.15) is 0 Å². The summed E-state index contributed by atoms with van der Waals surface area (Å²) in [7, 11) is 0. The highest BCUT2D eigenvalue weighted by Gasteiger charge is 2.27.